The number of hydrogen-bond donors (Lipinski definition) is 0. The zero-order chi connectivity index (χ0) is 12.9. The average molecular weight is 266 g/mol. The van der Waals surface area contributed by atoms with E-state index in [-0.39, 0.29) is 5.22 Å². The second-order valence-electron chi connectivity index (χ2n) is 5.81. The van der Waals surface area contributed by atoms with E-state index in [0.717, 1.165) is 16.8 Å². The van der Waals surface area contributed by atoms with Crippen LogP contribution in [0.15, 0.2) is 42.5 Å². The Bertz CT molecular complexity index is 641. The molecule has 0 bridgehead atoms. The summed E-state index contributed by atoms with van der Waals surface area (Å²) in [4.78, 5) is 0. The molecule has 96 valence electrons. The van der Waals surface area contributed by atoms with Gasteiger partial charge in [-0.15, -0.1) is 0 Å². The minimum absolute atomic E-state index is 0.0388. The molecule has 2 aromatic carbocycles. The van der Waals surface area contributed by atoms with Crippen molar-refractivity contribution in [2.45, 2.75) is 24.5 Å². The van der Waals surface area contributed by atoms with Crippen molar-refractivity contribution < 1.29 is 4.74 Å². The van der Waals surface area contributed by atoms with Crippen LogP contribution in [0.1, 0.15) is 24.8 Å². The third kappa shape index (κ3) is 1.57. The van der Waals surface area contributed by atoms with Gasteiger partial charge in [0.2, 0.25) is 0 Å². The highest BCUT2D eigenvalue weighted by atomic mass is 28.1. The highest BCUT2D eigenvalue weighted by Gasteiger charge is 2.36. The lowest BCUT2D eigenvalue weighted by Gasteiger charge is -2.39. The SMILES string of the molecule is [SiH3]C1(c2cccc3c2-c2ccccc2-3)CCCCO1. The van der Waals surface area contributed by atoms with Crippen molar-refractivity contribution in [2.24, 2.45) is 0 Å². The standard InChI is InChI=1S/C17H18OSi/c19-17(10-3-4-11-18-17)15-9-5-8-14-12-6-1-2-7-13(12)16(14)15/h1-2,5-9H,3-4,10-11H2,19H3. The molecule has 2 heteroatoms. The Morgan fingerprint density at radius 3 is 2.47 bits per heavy atom. The molecule has 1 unspecified atom stereocenters. The first-order valence-electron chi connectivity index (χ1n) is 7.17. The van der Waals surface area contributed by atoms with Gasteiger partial charge in [0.25, 0.3) is 0 Å². The van der Waals surface area contributed by atoms with Gasteiger partial charge in [-0.05, 0) is 47.1 Å². The molecule has 0 amide bonds. The fraction of sp³-hybridized carbons (Fsp3) is 0.294. The van der Waals surface area contributed by atoms with Crippen LogP contribution in [0.5, 0.6) is 0 Å². The zero-order valence-electron chi connectivity index (χ0n) is 11.3. The molecule has 0 aromatic heterocycles. The maximum Gasteiger partial charge on any atom is 0.0729 e. The normalized spacial score (nSPS) is 24.4. The Morgan fingerprint density at radius 1 is 0.895 bits per heavy atom. The van der Waals surface area contributed by atoms with Crippen LogP contribution in [-0.4, -0.2) is 16.8 Å². The summed E-state index contributed by atoms with van der Waals surface area (Å²) in [5.74, 6) is 0. The second kappa shape index (κ2) is 4.05. The van der Waals surface area contributed by atoms with Crippen LogP contribution < -0.4 is 0 Å². The predicted octanol–water partition coefficient (Wildman–Crippen LogP) is 3.05. The Kier molecular flexibility index (Phi) is 2.44. The molecular formula is C17H18OSi. The van der Waals surface area contributed by atoms with Crippen LogP contribution in [0, 0.1) is 0 Å². The van der Waals surface area contributed by atoms with Crippen molar-refractivity contribution >= 4 is 10.2 Å². The van der Waals surface area contributed by atoms with E-state index >= 15 is 0 Å². The van der Waals surface area contributed by atoms with Gasteiger partial charge in [-0.3, -0.25) is 0 Å². The van der Waals surface area contributed by atoms with E-state index < -0.39 is 0 Å². The monoisotopic (exact) mass is 266 g/mol. The van der Waals surface area contributed by atoms with Crippen LogP contribution in [0.3, 0.4) is 0 Å². The van der Waals surface area contributed by atoms with Crippen molar-refractivity contribution in [3.63, 3.8) is 0 Å². The fourth-order valence-electron chi connectivity index (χ4n) is 3.53. The summed E-state index contributed by atoms with van der Waals surface area (Å²) in [7, 11) is 1.07. The van der Waals surface area contributed by atoms with Crippen LogP contribution in [-0.2, 0) is 9.96 Å². The highest BCUT2D eigenvalue weighted by Crippen LogP contribution is 2.52. The molecule has 1 aliphatic heterocycles. The predicted molar refractivity (Wildman–Crippen MR) is 82.3 cm³/mol. The molecule has 2 aromatic rings. The average Bonchev–Trinajstić information content (AvgIpc) is 2.45. The molecule has 0 radical (unpaired) electrons. The summed E-state index contributed by atoms with van der Waals surface area (Å²) in [5.41, 5.74) is 7.13. The quantitative estimate of drug-likeness (QED) is 0.615. The van der Waals surface area contributed by atoms with E-state index in [1.807, 2.05) is 0 Å². The van der Waals surface area contributed by atoms with Gasteiger partial charge < -0.3 is 4.74 Å². The molecule has 19 heavy (non-hydrogen) atoms. The highest BCUT2D eigenvalue weighted by molar-refractivity contribution is 6.17. The van der Waals surface area contributed by atoms with Gasteiger partial charge in [-0.2, -0.15) is 0 Å². The number of benzene rings is 2. The molecule has 1 fully saturated rings. The topological polar surface area (TPSA) is 9.23 Å². The van der Waals surface area contributed by atoms with Gasteiger partial charge in [0.15, 0.2) is 0 Å². The van der Waals surface area contributed by atoms with Crippen molar-refractivity contribution in [3.8, 4) is 22.3 Å². The van der Waals surface area contributed by atoms with Crippen LogP contribution in [0.2, 0.25) is 0 Å². The van der Waals surface area contributed by atoms with E-state index in [1.54, 1.807) is 0 Å². The summed E-state index contributed by atoms with van der Waals surface area (Å²) < 4.78 is 6.20. The Morgan fingerprint density at radius 2 is 1.68 bits per heavy atom. The maximum atomic E-state index is 6.20. The van der Waals surface area contributed by atoms with Gasteiger partial charge in [-0.1, -0.05) is 42.5 Å². The molecule has 1 aliphatic carbocycles. The Balaban J connectivity index is 1.86. The molecule has 4 rings (SSSR count). The zero-order valence-corrected chi connectivity index (χ0v) is 13.3. The maximum absolute atomic E-state index is 6.20. The van der Waals surface area contributed by atoms with Gasteiger partial charge in [0.1, 0.15) is 0 Å². The number of rotatable bonds is 1. The summed E-state index contributed by atoms with van der Waals surface area (Å²) >= 11 is 0. The molecule has 1 nitrogen and oxygen atoms in total. The molecular weight excluding hydrogens is 248 g/mol. The first kappa shape index (κ1) is 11.4. The first-order valence-corrected chi connectivity index (χ1v) is 8.17. The van der Waals surface area contributed by atoms with Crippen molar-refractivity contribution in [1.82, 2.24) is 0 Å². The fourth-order valence-corrected chi connectivity index (χ4v) is 4.50. The summed E-state index contributed by atoms with van der Waals surface area (Å²) in [6, 6.07) is 15.5. The van der Waals surface area contributed by atoms with E-state index in [1.165, 1.54) is 47.1 Å². The molecule has 1 saturated heterocycles. The third-order valence-electron chi connectivity index (χ3n) is 4.59. The van der Waals surface area contributed by atoms with Crippen molar-refractivity contribution in [3.05, 3.63) is 48.0 Å². The van der Waals surface area contributed by atoms with Crippen molar-refractivity contribution in [2.75, 3.05) is 6.61 Å². The lowest BCUT2D eigenvalue weighted by molar-refractivity contribution is -0.0206. The number of hydrogen-bond acceptors (Lipinski definition) is 1. The summed E-state index contributed by atoms with van der Waals surface area (Å²) in [6.07, 6.45) is 3.71. The second-order valence-corrected chi connectivity index (χ2v) is 7.43. The third-order valence-corrected chi connectivity index (χ3v) is 5.92. The first-order chi connectivity index (χ1) is 9.30. The Hall–Kier alpha value is -1.38. The van der Waals surface area contributed by atoms with Crippen LogP contribution in [0.4, 0.5) is 0 Å². The van der Waals surface area contributed by atoms with Crippen molar-refractivity contribution in [1.29, 1.82) is 0 Å². The molecule has 1 atom stereocenters. The summed E-state index contributed by atoms with van der Waals surface area (Å²) in [6.45, 7) is 0.925. The van der Waals surface area contributed by atoms with E-state index in [9.17, 15) is 0 Å². The van der Waals surface area contributed by atoms with E-state index in [2.05, 4.69) is 42.5 Å². The minimum atomic E-state index is 0.0388. The van der Waals surface area contributed by atoms with Crippen LogP contribution >= 0.6 is 0 Å². The largest absolute Gasteiger partial charge is 0.375 e. The van der Waals surface area contributed by atoms with E-state index in [0.29, 0.717) is 0 Å². The van der Waals surface area contributed by atoms with Gasteiger partial charge in [0, 0.05) is 16.8 Å². The smallest absolute Gasteiger partial charge is 0.0729 e. The van der Waals surface area contributed by atoms with Gasteiger partial charge >= 0.3 is 0 Å². The minimum Gasteiger partial charge on any atom is -0.375 e. The van der Waals surface area contributed by atoms with E-state index in [4.69, 9.17) is 4.74 Å². The molecule has 1 heterocycles. The van der Waals surface area contributed by atoms with Gasteiger partial charge in [-0.25, -0.2) is 0 Å². The number of fused-ring (bicyclic) bond motifs is 4. The molecule has 0 spiro atoms. The Labute approximate surface area is 117 Å². The summed E-state index contributed by atoms with van der Waals surface area (Å²) in [5, 5.41) is 0.0388. The lowest BCUT2D eigenvalue weighted by atomic mass is 9.76. The molecule has 0 N–H and O–H groups in total. The van der Waals surface area contributed by atoms with Gasteiger partial charge in [0.05, 0.1) is 5.22 Å². The lowest BCUT2D eigenvalue weighted by Crippen LogP contribution is -2.35. The molecule has 0 saturated carbocycles. The molecule has 2 aliphatic rings. The number of ether oxygens (including phenoxy) is 1. The van der Waals surface area contributed by atoms with Crippen LogP contribution in [0.25, 0.3) is 22.3 Å².